The number of carbonyl (C=O) groups is 3. The lowest BCUT2D eigenvalue weighted by atomic mass is 9.81. The summed E-state index contributed by atoms with van der Waals surface area (Å²) in [5.41, 5.74) is 2.02. The summed E-state index contributed by atoms with van der Waals surface area (Å²) in [6, 6.07) is 7.88. The van der Waals surface area contributed by atoms with Crippen molar-refractivity contribution in [1.82, 2.24) is 4.90 Å². The standard InChI is InChI=1S/C21H28N2O3/c1-2-3-6-15-9-11-16(12-10-15)22-19(24)13-14-23-20(25)17-7-4-5-8-18(17)21(23)26/h9-12,17-18H,2-8,13-14H2,1H3,(H,22,24). The van der Waals surface area contributed by atoms with Crippen LogP contribution in [0.4, 0.5) is 5.69 Å². The van der Waals surface area contributed by atoms with Gasteiger partial charge in [0, 0.05) is 18.7 Å². The van der Waals surface area contributed by atoms with E-state index in [1.165, 1.54) is 10.5 Å². The molecule has 0 spiro atoms. The molecule has 0 radical (unpaired) electrons. The minimum Gasteiger partial charge on any atom is -0.326 e. The monoisotopic (exact) mass is 356 g/mol. The molecule has 1 saturated heterocycles. The first-order valence-corrected chi connectivity index (χ1v) is 9.84. The molecule has 1 heterocycles. The molecule has 5 nitrogen and oxygen atoms in total. The van der Waals surface area contributed by atoms with Crippen LogP contribution in [0.25, 0.3) is 0 Å². The number of nitrogens with one attached hydrogen (secondary N) is 1. The molecule has 2 unspecified atom stereocenters. The predicted molar refractivity (Wildman–Crippen MR) is 100 cm³/mol. The Labute approximate surface area is 155 Å². The van der Waals surface area contributed by atoms with Gasteiger partial charge in [-0.15, -0.1) is 0 Å². The Bertz CT molecular complexity index is 644. The first-order valence-electron chi connectivity index (χ1n) is 9.84. The lowest BCUT2D eigenvalue weighted by Gasteiger charge is -2.19. The number of rotatable bonds is 7. The van der Waals surface area contributed by atoms with Gasteiger partial charge in [-0.3, -0.25) is 19.3 Å². The second-order valence-electron chi connectivity index (χ2n) is 7.42. The maximum atomic E-state index is 12.4. The van der Waals surface area contributed by atoms with E-state index in [0.29, 0.717) is 0 Å². The number of benzene rings is 1. The van der Waals surface area contributed by atoms with E-state index in [0.717, 1.165) is 50.6 Å². The first-order chi connectivity index (χ1) is 12.6. The maximum absolute atomic E-state index is 12.4. The van der Waals surface area contributed by atoms with E-state index in [4.69, 9.17) is 0 Å². The van der Waals surface area contributed by atoms with Gasteiger partial charge in [0.25, 0.3) is 0 Å². The highest BCUT2D eigenvalue weighted by atomic mass is 16.2. The lowest BCUT2D eigenvalue weighted by molar-refractivity contribution is -0.140. The summed E-state index contributed by atoms with van der Waals surface area (Å²) in [6.07, 6.45) is 7.16. The normalized spacial score (nSPS) is 22.4. The van der Waals surface area contributed by atoms with Gasteiger partial charge in [0.05, 0.1) is 11.8 Å². The van der Waals surface area contributed by atoms with Crippen LogP contribution >= 0.6 is 0 Å². The van der Waals surface area contributed by atoms with Crippen LogP contribution in [0.15, 0.2) is 24.3 Å². The average molecular weight is 356 g/mol. The number of hydrogen-bond donors (Lipinski definition) is 1. The van der Waals surface area contributed by atoms with Crippen LogP contribution in [-0.2, 0) is 20.8 Å². The zero-order valence-electron chi connectivity index (χ0n) is 15.5. The van der Waals surface area contributed by atoms with Crippen molar-refractivity contribution >= 4 is 23.4 Å². The van der Waals surface area contributed by atoms with Gasteiger partial charge in [-0.1, -0.05) is 38.3 Å². The Morgan fingerprint density at radius 1 is 1.08 bits per heavy atom. The van der Waals surface area contributed by atoms with E-state index >= 15 is 0 Å². The molecular formula is C21H28N2O3. The summed E-state index contributed by atoms with van der Waals surface area (Å²) in [4.78, 5) is 38.3. The van der Waals surface area contributed by atoms with Crippen LogP contribution in [0.5, 0.6) is 0 Å². The van der Waals surface area contributed by atoms with E-state index in [9.17, 15) is 14.4 Å². The molecule has 1 aromatic rings. The summed E-state index contributed by atoms with van der Waals surface area (Å²) < 4.78 is 0. The van der Waals surface area contributed by atoms with Gasteiger partial charge in [-0.2, -0.15) is 0 Å². The zero-order valence-corrected chi connectivity index (χ0v) is 15.5. The highest BCUT2D eigenvalue weighted by molar-refractivity contribution is 6.05. The van der Waals surface area contributed by atoms with E-state index in [-0.39, 0.29) is 42.5 Å². The molecule has 1 N–H and O–H groups in total. The van der Waals surface area contributed by atoms with Gasteiger partial charge in [-0.25, -0.2) is 0 Å². The molecule has 2 atom stereocenters. The first kappa shape index (κ1) is 18.6. The van der Waals surface area contributed by atoms with Crippen molar-refractivity contribution in [3.8, 4) is 0 Å². The van der Waals surface area contributed by atoms with Crippen molar-refractivity contribution in [2.24, 2.45) is 11.8 Å². The van der Waals surface area contributed by atoms with Crippen LogP contribution in [0.2, 0.25) is 0 Å². The largest absolute Gasteiger partial charge is 0.326 e. The molecule has 3 amide bonds. The van der Waals surface area contributed by atoms with E-state index in [2.05, 4.69) is 12.2 Å². The molecule has 1 aromatic carbocycles. The summed E-state index contributed by atoms with van der Waals surface area (Å²) in [7, 11) is 0. The fourth-order valence-corrected chi connectivity index (χ4v) is 4.02. The SMILES string of the molecule is CCCCc1ccc(NC(=O)CCN2C(=O)C3CCCCC3C2=O)cc1. The lowest BCUT2D eigenvalue weighted by Crippen LogP contribution is -2.34. The average Bonchev–Trinajstić information content (AvgIpc) is 2.90. The summed E-state index contributed by atoms with van der Waals surface area (Å²) in [5, 5.41) is 2.85. The second kappa shape index (κ2) is 8.47. The van der Waals surface area contributed by atoms with Crippen molar-refractivity contribution in [1.29, 1.82) is 0 Å². The molecule has 0 aromatic heterocycles. The number of nitrogens with zero attached hydrogens (tertiary/aromatic N) is 1. The van der Waals surface area contributed by atoms with Gasteiger partial charge in [0.15, 0.2) is 0 Å². The van der Waals surface area contributed by atoms with Gasteiger partial charge in [0.1, 0.15) is 0 Å². The quantitative estimate of drug-likeness (QED) is 0.760. The Balaban J connectivity index is 1.49. The molecule has 2 fully saturated rings. The number of likely N-dealkylation sites (tertiary alicyclic amines) is 1. The van der Waals surface area contributed by atoms with Gasteiger partial charge >= 0.3 is 0 Å². The minimum atomic E-state index is -0.165. The molecule has 1 aliphatic carbocycles. The molecule has 5 heteroatoms. The minimum absolute atomic E-state index is 0.0761. The number of unbranched alkanes of at least 4 members (excludes halogenated alkanes) is 1. The Hall–Kier alpha value is -2.17. The Morgan fingerprint density at radius 2 is 1.69 bits per heavy atom. The van der Waals surface area contributed by atoms with Crippen LogP contribution in [0.1, 0.15) is 57.4 Å². The van der Waals surface area contributed by atoms with Crippen LogP contribution < -0.4 is 5.32 Å². The number of anilines is 1. The van der Waals surface area contributed by atoms with E-state index < -0.39 is 0 Å². The number of imide groups is 1. The number of aryl methyl sites for hydroxylation is 1. The van der Waals surface area contributed by atoms with Crippen molar-refractivity contribution in [2.75, 3.05) is 11.9 Å². The number of carbonyl (C=O) groups excluding carboxylic acids is 3. The van der Waals surface area contributed by atoms with Crippen LogP contribution in [-0.4, -0.2) is 29.2 Å². The smallest absolute Gasteiger partial charge is 0.233 e. The predicted octanol–water partition coefficient (Wildman–Crippen LogP) is 3.53. The third-order valence-corrected chi connectivity index (χ3v) is 5.55. The molecular weight excluding hydrogens is 328 g/mol. The van der Waals surface area contributed by atoms with Crippen molar-refractivity contribution in [3.63, 3.8) is 0 Å². The summed E-state index contributed by atoms with van der Waals surface area (Å²) in [6.45, 7) is 2.35. The molecule has 0 bridgehead atoms. The van der Waals surface area contributed by atoms with Crippen LogP contribution in [0, 0.1) is 11.8 Å². The van der Waals surface area contributed by atoms with Crippen molar-refractivity contribution in [2.45, 2.75) is 58.3 Å². The second-order valence-corrected chi connectivity index (χ2v) is 7.42. The van der Waals surface area contributed by atoms with Crippen molar-refractivity contribution < 1.29 is 14.4 Å². The van der Waals surface area contributed by atoms with Crippen molar-refractivity contribution in [3.05, 3.63) is 29.8 Å². The fourth-order valence-electron chi connectivity index (χ4n) is 4.02. The molecule has 140 valence electrons. The third kappa shape index (κ3) is 4.14. The summed E-state index contributed by atoms with van der Waals surface area (Å²) >= 11 is 0. The Morgan fingerprint density at radius 3 is 2.27 bits per heavy atom. The van der Waals surface area contributed by atoms with Gasteiger partial charge in [0.2, 0.25) is 17.7 Å². The number of hydrogen-bond acceptors (Lipinski definition) is 3. The fraction of sp³-hybridized carbons (Fsp3) is 0.571. The molecule has 2 aliphatic rings. The maximum Gasteiger partial charge on any atom is 0.233 e. The van der Waals surface area contributed by atoms with E-state index in [1.54, 1.807) is 0 Å². The Kier molecular flexibility index (Phi) is 6.07. The molecule has 3 rings (SSSR count). The molecule has 1 aliphatic heterocycles. The number of amides is 3. The molecule has 26 heavy (non-hydrogen) atoms. The topological polar surface area (TPSA) is 66.5 Å². The van der Waals surface area contributed by atoms with Gasteiger partial charge < -0.3 is 5.32 Å². The van der Waals surface area contributed by atoms with Crippen LogP contribution in [0.3, 0.4) is 0 Å². The van der Waals surface area contributed by atoms with E-state index in [1.807, 2.05) is 24.3 Å². The summed E-state index contributed by atoms with van der Waals surface area (Å²) in [5.74, 6) is -0.604. The highest BCUT2D eigenvalue weighted by Crippen LogP contribution is 2.37. The van der Waals surface area contributed by atoms with Gasteiger partial charge in [-0.05, 0) is 43.4 Å². The highest BCUT2D eigenvalue weighted by Gasteiger charge is 2.47. The zero-order chi connectivity index (χ0) is 18.5. The number of fused-ring (bicyclic) bond motifs is 1. The third-order valence-electron chi connectivity index (χ3n) is 5.55. The molecule has 1 saturated carbocycles.